The van der Waals surface area contributed by atoms with Crippen molar-refractivity contribution < 1.29 is 9.53 Å². The van der Waals surface area contributed by atoms with Crippen LogP contribution in [-0.2, 0) is 4.74 Å². The number of aryl methyl sites for hydroxylation is 1. The molecule has 1 heterocycles. The van der Waals surface area contributed by atoms with Crippen LogP contribution in [0.2, 0.25) is 10.0 Å². The zero-order valence-corrected chi connectivity index (χ0v) is 29.6. The average molecular weight is 667 g/mol. The molecule has 7 nitrogen and oxygen atoms in total. The van der Waals surface area contributed by atoms with Crippen LogP contribution in [0.15, 0.2) is 42.5 Å². The summed E-state index contributed by atoms with van der Waals surface area (Å²) in [6.45, 7) is 13.8. The first-order valence-electron chi connectivity index (χ1n) is 15.4. The predicted octanol–water partition coefficient (Wildman–Crippen LogP) is 9.70. The summed E-state index contributed by atoms with van der Waals surface area (Å²) < 4.78 is 4.46. The largest absolute Gasteiger partial charge is 0.465 e. The summed E-state index contributed by atoms with van der Waals surface area (Å²) in [4.78, 5) is 13.5. The Morgan fingerprint density at radius 2 is 1.45 bits per heavy atom. The van der Waals surface area contributed by atoms with Crippen molar-refractivity contribution in [2.24, 2.45) is 11.8 Å². The molecule has 10 heteroatoms. The summed E-state index contributed by atoms with van der Waals surface area (Å²) in [5.74, 6) is 1.13. The van der Waals surface area contributed by atoms with Crippen LogP contribution >= 0.6 is 34.5 Å². The van der Waals surface area contributed by atoms with E-state index in [2.05, 4.69) is 62.5 Å². The van der Waals surface area contributed by atoms with Gasteiger partial charge >= 0.3 is 5.97 Å². The maximum Gasteiger partial charge on any atom is 0.340 e. The quantitative estimate of drug-likeness (QED) is 0.105. The maximum absolute atomic E-state index is 10.9. The number of nitrogen functional groups attached to an aromatic ring is 4. The van der Waals surface area contributed by atoms with Crippen LogP contribution in [0.25, 0.3) is 0 Å². The molecule has 8 N–H and O–H groups in total. The van der Waals surface area contributed by atoms with Crippen molar-refractivity contribution in [3.05, 3.63) is 63.6 Å². The molecule has 0 aliphatic rings. The number of halogens is 2. The normalized spacial score (nSPS) is 11.8. The van der Waals surface area contributed by atoms with Crippen molar-refractivity contribution >= 4 is 67.6 Å². The number of ether oxygens (including phenoxy) is 1. The van der Waals surface area contributed by atoms with Crippen molar-refractivity contribution in [1.82, 2.24) is 0 Å². The fourth-order valence-corrected chi connectivity index (χ4v) is 6.01. The topological polar surface area (TPSA) is 134 Å². The van der Waals surface area contributed by atoms with Gasteiger partial charge in [-0.1, -0.05) is 83.0 Å². The van der Waals surface area contributed by atoms with Crippen molar-refractivity contribution in [3.8, 4) is 0 Å². The van der Waals surface area contributed by atoms with Gasteiger partial charge in [-0.3, -0.25) is 0 Å². The molecule has 3 aromatic rings. The van der Waals surface area contributed by atoms with Gasteiger partial charge in [0.05, 0.1) is 17.7 Å². The van der Waals surface area contributed by atoms with Crippen molar-refractivity contribution in [2.45, 2.75) is 79.6 Å². The Morgan fingerprint density at radius 1 is 0.864 bits per heavy atom. The lowest BCUT2D eigenvalue weighted by Crippen LogP contribution is -2.34. The molecular weight excluding hydrogens is 613 g/mol. The Morgan fingerprint density at radius 3 is 1.89 bits per heavy atom. The summed E-state index contributed by atoms with van der Waals surface area (Å²) in [5, 5.41) is 2.05. The molecule has 0 amide bonds. The van der Waals surface area contributed by atoms with Gasteiger partial charge in [-0.2, -0.15) is 0 Å². The predicted molar refractivity (Wildman–Crippen MR) is 195 cm³/mol. The minimum Gasteiger partial charge on any atom is -0.465 e. The Kier molecular flexibility index (Phi) is 18.7. The van der Waals surface area contributed by atoms with Gasteiger partial charge in [0.25, 0.3) is 0 Å². The minimum atomic E-state index is -0.449. The van der Waals surface area contributed by atoms with Gasteiger partial charge in [0.2, 0.25) is 0 Å². The Hall–Kier alpha value is -2.81. The van der Waals surface area contributed by atoms with E-state index in [0.717, 1.165) is 17.5 Å². The first-order valence-corrected chi connectivity index (χ1v) is 17.0. The second-order valence-electron chi connectivity index (χ2n) is 11.0. The smallest absolute Gasteiger partial charge is 0.340 e. The zero-order chi connectivity index (χ0) is 33.2. The lowest BCUT2D eigenvalue weighted by atomic mass is 9.95. The van der Waals surface area contributed by atoms with Gasteiger partial charge in [-0.15, -0.1) is 11.3 Å². The number of carbonyl (C=O) groups excluding carboxylic acids is 1. The molecule has 0 saturated heterocycles. The first kappa shape index (κ1) is 39.2. The van der Waals surface area contributed by atoms with Crippen LogP contribution in [0.4, 0.5) is 27.1 Å². The van der Waals surface area contributed by atoms with Crippen LogP contribution in [0.5, 0.6) is 0 Å². The zero-order valence-electron chi connectivity index (χ0n) is 27.3. The van der Waals surface area contributed by atoms with Crippen molar-refractivity contribution in [3.63, 3.8) is 0 Å². The molecule has 0 spiro atoms. The monoisotopic (exact) mass is 665 g/mol. The number of hydrogen-bond acceptors (Lipinski definition) is 8. The summed E-state index contributed by atoms with van der Waals surface area (Å²) in [6, 6.07) is 13.0. The molecule has 3 rings (SSSR count). The number of esters is 1. The van der Waals surface area contributed by atoms with Gasteiger partial charge < -0.3 is 32.6 Å². The number of thiophene rings is 1. The molecule has 2 unspecified atom stereocenters. The number of rotatable bonds is 13. The molecule has 0 bridgehead atoms. The van der Waals surface area contributed by atoms with Gasteiger partial charge in [-0.05, 0) is 79.6 Å². The number of nitrogens with two attached hydrogens (primary N) is 4. The van der Waals surface area contributed by atoms with Crippen LogP contribution in [0.1, 0.15) is 88.6 Å². The molecule has 0 aliphatic carbocycles. The molecule has 2 aromatic carbocycles. The van der Waals surface area contributed by atoms with E-state index in [4.69, 9.17) is 46.1 Å². The lowest BCUT2D eigenvalue weighted by molar-refractivity contribution is 0.0602. The Bertz CT molecular complexity index is 1220. The van der Waals surface area contributed by atoms with Crippen LogP contribution in [0, 0.1) is 18.8 Å². The molecule has 246 valence electrons. The molecule has 0 fully saturated rings. The maximum atomic E-state index is 10.9. The number of hydrogen-bond donors (Lipinski definition) is 4. The standard InChI is InChI=1S/C22H40N2.C6H5Cl2N.C6H8N2O2S/c1-6-10-12-20(9-4)17-24(16-19(8-3)11-7-2)21-13-14-22(23)18(5)15-21;7-4-1-5(8)3-6(9)2-4;1-10-6(9)3-2-4(7)11-5(3)8/h13-15,19-20H,6-12,16-17,23H2,1-5H3;1-3H,9H2;2H,7-8H2,1H3. The summed E-state index contributed by atoms with van der Waals surface area (Å²) in [6.07, 6.45) is 9.14. The second-order valence-corrected chi connectivity index (χ2v) is 13.0. The third kappa shape index (κ3) is 14.3. The van der Waals surface area contributed by atoms with E-state index >= 15 is 0 Å². The highest BCUT2D eigenvalue weighted by Gasteiger charge is 2.18. The third-order valence-electron chi connectivity index (χ3n) is 7.46. The molecule has 0 saturated carbocycles. The lowest BCUT2D eigenvalue weighted by Gasteiger charge is -2.33. The number of unbranched alkanes of at least 4 members (excludes halogenated alkanes) is 1. The number of anilines is 5. The van der Waals surface area contributed by atoms with E-state index in [1.165, 1.54) is 93.8 Å². The van der Waals surface area contributed by atoms with Crippen LogP contribution in [-0.4, -0.2) is 26.2 Å². The number of carbonyl (C=O) groups is 1. The van der Waals surface area contributed by atoms with Crippen molar-refractivity contribution in [2.75, 3.05) is 48.0 Å². The molecule has 44 heavy (non-hydrogen) atoms. The van der Waals surface area contributed by atoms with Gasteiger partial charge in [0, 0.05) is 40.2 Å². The van der Waals surface area contributed by atoms with E-state index in [9.17, 15) is 4.79 Å². The molecule has 0 radical (unpaired) electrons. The summed E-state index contributed by atoms with van der Waals surface area (Å²) >= 11 is 12.3. The highest BCUT2D eigenvalue weighted by atomic mass is 35.5. The van der Waals surface area contributed by atoms with E-state index in [1.807, 2.05) is 0 Å². The van der Waals surface area contributed by atoms with Crippen LogP contribution < -0.4 is 27.8 Å². The summed E-state index contributed by atoms with van der Waals surface area (Å²) in [7, 11) is 1.30. The number of methoxy groups -OCH3 is 1. The average Bonchev–Trinajstić information content (AvgIpc) is 3.32. The number of benzene rings is 2. The molecule has 0 aliphatic heterocycles. The number of nitrogens with zero attached hydrogens (tertiary/aromatic N) is 1. The fourth-order valence-electron chi connectivity index (χ4n) is 4.78. The van der Waals surface area contributed by atoms with E-state index in [-0.39, 0.29) is 0 Å². The SMILES string of the molecule is CCCCC(CC)CN(CC(CC)CCC)c1ccc(N)c(C)c1.COC(=O)c1cc(N)sc1N.Nc1cc(Cl)cc(Cl)c1. The van der Waals surface area contributed by atoms with Gasteiger partial charge in [0.15, 0.2) is 0 Å². The second kappa shape index (κ2) is 21.0. The van der Waals surface area contributed by atoms with Crippen LogP contribution in [0.3, 0.4) is 0 Å². The van der Waals surface area contributed by atoms with E-state index < -0.39 is 5.97 Å². The van der Waals surface area contributed by atoms with E-state index in [1.54, 1.807) is 18.2 Å². The van der Waals surface area contributed by atoms with E-state index in [0.29, 0.717) is 31.3 Å². The first-order chi connectivity index (χ1) is 20.9. The molecular formula is C34H53Cl2N5O2S. The van der Waals surface area contributed by atoms with Gasteiger partial charge in [-0.25, -0.2) is 4.79 Å². The summed E-state index contributed by atoms with van der Waals surface area (Å²) in [5.41, 5.74) is 26.7. The Balaban J connectivity index is 0.000000394. The molecule has 2 atom stereocenters. The third-order valence-corrected chi connectivity index (χ3v) is 8.69. The molecule has 1 aromatic heterocycles. The fraction of sp³-hybridized carbons (Fsp3) is 0.500. The highest BCUT2D eigenvalue weighted by Crippen LogP contribution is 2.28. The highest BCUT2D eigenvalue weighted by molar-refractivity contribution is 7.20. The van der Waals surface area contributed by atoms with Gasteiger partial charge in [0.1, 0.15) is 5.00 Å². The minimum absolute atomic E-state index is 0.343. The Labute approximate surface area is 279 Å². The van der Waals surface area contributed by atoms with Crippen molar-refractivity contribution in [1.29, 1.82) is 0 Å².